The van der Waals surface area contributed by atoms with Crippen molar-refractivity contribution in [3.63, 3.8) is 0 Å². The third-order valence-corrected chi connectivity index (χ3v) is 4.04. The van der Waals surface area contributed by atoms with Crippen molar-refractivity contribution in [3.8, 4) is 28.7 Å². The van der Waals surface area contributed by atoms with Gasteiger partial charge in [-0.25, -0.2) is 4.79 Å². The van der Waals surface area contributed by atoms with Crippen LogP contribution in [0.1, 0.15) is 21.5 Å². The quantitative estimate of drug-likeness (QED) is 0.506. The molecule has 26 heavy (non-hydrogen) atoms. The number of carbonyl (C=O) groups excluding carboxylic acids is 1. The highest BCUT2D eigenvalue weighted by Gasteiger charge is 2.11. The number of rotatable bonds is 4. The standard InChI is InChI=1S/C22H17NO3/c1-15-13-19(9-12-21(15)25-2)22(24)26-20-10-7-18(8-11-20)17-5-3-16(14-23)4-6-17/h3-13H,1-2H3. The van der Waals surface area contributed by atoms with Crippen molar-refractivity contribution < 1.29 is 14.3 Å². The van der Waals surface area contributed by atoms with E-state index in [1.54, 1.807) is 49.6 Å². The SMILES string of the molecule is COc1ccc(C(=O)Oc2ccc(-c3ccc(C#N)cc3)cc2)cc1C. The minimum absolute atomic E-state index is 0.415. The molecule has 4 heteroatoms. The van der Waals surface area contributed by atoms with Crippen LogP contribution >= 0.6 is 0 Å². The highest BCUT2D eigenvalue weighted by Crippen LogP contribution is 2.24. The fraction of sp³-hybridized carbons (Fsp3) is 0.0909. The van der Waals surface area contributed by atoms with Gasteiger partial charge in [0.05, 0.1) is 24.3 Å². The second-order valence-electron chi connectivity index (χ2n) is 5.79. The van der Waals surface area contributed by atoms with Crippen molar-refractivity contribution in [2.75, 3.05) is 7.11 Å². The number of aryl methyl sites for hydroxylation is 1. The maximum atomic E-state index is 12.3. The fourth-order valence-corrected chi connectivity index (χ4v) is 2.62. The number of benzene rings is 3. The average Bonchev–Trinajstić information content (AvgIpc) is 2.68. The number of esters is 1. The molecule has 0 unspecified atom stereocenters. The molecule has 0 atom stereocenters. The van der Waals surface area contributed by atoms with Crippen molar-refractivity contribution in [2.45, 2.75) is 6.92 Å². The van der Waals surface area contributed by atoms with Gasteiger partial charge in [0.2, 0.25) is 0 Å². The van der Waals surface area contributed by atoms with Gasteiger partial charge >= 0.3 is 5.97 Å². The molecule has 0 aliphatic heterocycles. The van der Waals surface area contributed by atoms with Crippen LogP contribution in [-0.4, -0.2) is 13.1 Å². The number of hydrogen-bond acceptors (Lipinski definition) is 4. The summed E-state index contributed by atoms with van der Waals surface area (Å²) in [6.45, 7) is 1.88. The molecule has 0 saturated heterocycles. The van der Waals surface area contributed by atoms with Crippen LogP contribution in [-0.2, 0) is 0 Å². The second kappa shape index (κ2) is 7.54. The van der Waals surface area contributed by atoms with Gasteiger partial charge in [0.1, 0.15) is 11.5 Å². The van der Waals surface area contributed by atoms with E-state index in [1.807, 2.05) is 31.2 Å². The third kappa shape index (κ3) is 3.73. The van der Waals surface area contributed by atoms with Crippen molar-refractivity contribution in [1.29, 1.82) is 5.26 Å². The number of methoxy groups -OCH3 is 1. The summed E-state index contributed by atoms with van der Waals surface area (Å²) < 4.78 is 10.6. The molecular weight excluding hydrogens is 326 g/mol. The Morgan fingerprint density at radius 1 is 0.923 bits per heavy atom. The van der Waals surface area contributed by atoms with E-state index in [1.165, 1.54) is 0 Å². The molecular formula is C22H17NO3. The summed E-state index contributed by atoms with van der Waals surface area (Å²) in [5.74, 6) is 0.788. The van der Waals surface area contributed by atoms with E-state index in [-0.39, 0.29) is 0 Å². The molecule has 128 valence electrons. The molecule has 0 fully saturated rings. The van der Waals surface area contributed by atoms with Gasteiger partial charge in [0.25, 0.3) is 0 Å². The molecule has 0 bridgehead atoms. The lowest BCUT2D eigenvalue weighted by Gasteiger charge is -2.08. The Morgan fingerprint density at radius 2 is 1.54 bits per heavy atom. The Kier molecular flexibility index (Phi) is 5.00. The molecule has 0 spiro atoms. The van der Waals surface area contributed by atoms with Gasteiger partial charge in [0.15, 0.2) is 0 Å². The van der Waals surface area contributed by atoms with Gasteiger partial charge in [-0.2, -0.15) is 5.26 Å². The number of ether oxygens (including phenoxy) is 2. The lowest BCUT2D eigenvalue weighted by molar-refractivity contribution is 0.0734. The molecule has 4 nitrogen and oxygen atoms in total. The Bertz CT molecular complexity index is 968. The largest absolute Gasteiger partial charge is 0.496 e. The number of hydrogen-bond donors (Lipinski definition) is 0. The summed E-state index contributed by atoms with van der Waals surface area (Å²) in [5.41, 5.74) is 3.94. The number of nitriles is 1. The molecule has 0 aliphatic carbocycles. The van der Waals surface area contributed by atoms with Crippen LogP contribution in [0.15, 0.2) is 66.7 Å². The van der Waals surface area contributed by atoms with Crippen LogP contribution in [0.4, 0.5) is 0 Å². The van der Waals surface area contributed by atoms with Crippen LogP contribution < -0.4 is 9.47 Å². The predicted octanol–water partition coefficient (Wildman–Crippen LogP) is 4.76. The summed E-state index contributed by atoms with van der Waals surface area (Å²) in [5, 5.41) is 8.85. The number of carbonyl (C=O) groups is 1. The van der Waals surface area contributed by atoms with Gasteiger partial charge < -0.3 is 9.47 Å². The van der Waals surface area contributed by atoms with Crippen LogP contribution in [0.25, 0.3) is 11.1 Å². The summed E-state index contributed by atoms with van der Waals surface area (Å²) in [6, 6.07) is 21.9. The van der Waals surface area contributed by atoms with E-state index in [0.717, 1.165) is 22.4 Å². The molecule has 3 rings (SSSR count). The minimum Gasteiger partial charge on any atom is -0.496 e. The van der Waals surface area contributed by atoms with Gasteiger partial charge in [-0.1, -0.05) is 24.3 Å². The van der Waals surface area contributed by atoms with Crippen LogP contribution in [0, 0.1) is 18.3 Å². The lowest BCUT2D eigenvalue weighted by Crippen LogP contribution is -2.08. The predicted molar refractivity (Wildman–Crippen MR) is 99.3 cm³/mol. The van der Waals surface area contributed by atoms with Crippen molar-refractivity contribution in [1.82, 2.24) is 0 Å². The van der Waals surface area contributed by atoms with Crippen molar-refractivity contribution >= 4 is 5.97 Å². The zero-order valence-electron chi connectivity index (χ0n) is 14.5. The van der Waals surface area contributed by atoms with E-state index in [9.17, 15) is 4.79 Å². The molecule has 0 radical (unpaired) electrons. The second-order valence-corrected chi connectivity index (χ2v) is 5.79. The molecule has 0 aromatic heterocycles. The topological polar surface area (TPSA) is 59.3 Å². The first-order valence-corrected chi connectivity index (χ1v) is 8.08. The van der Waals surface area contributed by atoms with Crippen LogP contribution in [0.5, 0.6) is 11.5 Å². The molecule has 3 aromatic rings. The van der Waals surface area contributed by atoms with E-state index < -0.39 is 5.97 Å². The van der Waals surface area contributed by atoms with E-state index in [2.05, 4.69) is 6.07 Å². The Balaban J connectivity index is 1.73. The summed E-state index contributed by atoms with van der Waals surface area (Å²) >= 11 is 0. The maximum absolute atomic E-state index is 12.3. The van der Waals surface area contributed by atoms with Crippen LogP contribution in [0.2, 0.25) is 0 Å². The van der Waals surface area contributed by atoms with E-state index in [4.69, 9.17) is 14.7 Å². The zero-order valence-corrected chi connectivity index (χ0v) is 14.5. The lowest BCUT2D eigenvalue weighted by atomic mass is 10.0. The molecule has 0 saturated carbocycles. The first-order valence-electron chi connectivity index (χ1n) is 8.08. The monoisotopic (exact) mass is 343 g/mol. The number of nitrogens with zero attached hydrogens (tertiary/aromatic N) is 1. The third-order valence-electron chi connectivity index (χ3n) is 4.04. The van der Waals surface area contributed by atoms with Crippen molar-refractivity contribution in [3.05, 3.63) is 83.4 Å². The van der Waals surface area contributed by atoms with Crippen molar-refractivity contribution in [2.24, 2.45) is 0 Å². The fourth-order valence-electron chi connectivity index (χ4n) is 2.62. The zero-order chi connectivity index (χ0) is 18.5. The van der Waals surface area contributed by atoms with E-state index >= 15 is 0 Å². The first kappa shape index (κ1) is 17.2. The maximum Gasteiger partial charge on any atom is 0.343 e. The molecule has 3 aromatic carbocycles. The first-order chi connectivity index (χ1) is 12.6. The Hall–Kier alpha value is -3.58. The van der Waals surface area contributed by atoms with Gasteiger partial charge in [-0.05, 0) is 66.1 Å². The van der Waals surface area contributed by atoms with Gasteiger partial charge in [-0.15, -0.1) is 0 Å². The minimum atomic E-state index is -0.415. The molecule has 0 aliphatic rings. The normalized spacial score (nSPS) is 10.0. The smallest absolute Gasteiger partial charge is 0.343 e. The highest BCUT2D eigenvalue weighted by molar-refractivity contribution is 5.91. The van der Waals surface area contributed by atoms with Gasteiger partial charge in [0, 0.05) is 0 Å². The molecule has 0 amide bonds. The average molecular weight is 343 g/mol. The Labute approximate surface area is 152 Å². The summed E-state index contributed by atoms with van der Waals surface area (Å²) in [4.78, 5) is 12.3. The molecule has 0 N–H and O–H groups in total. The summed E-state index contributed by atoms with van der Waals surface area (Å²) in [7, 11) is 1.59. The summed E-state index contributed by atoms with van der Waals surface area (Å²) in [6.07, 6.45) is 0. The highest BCUT2D eigenvalue weighted by atomic mass is 16.5. The Morgan fingerprint density at radius 3 is 2.08 bits per heavy atom. The van der Waals surface area contributed by atoms with Gasteiger partial charge in [-0.3, -0.25) is 0 Å². The van der Waals surface area contributed by atoms with Crippen LogP contribution in [0.3, 0.4) is 0 Å². The van der Waals surface area contributed by atoms with E-state index in [0.29, 0.717) is 16.9 Å². The molecule has 0 heterocycles.